The predicted molar refractivity (Wildman–Crippen MR) is 32.3 cm³/mol. The van der Waals surface area contributed by atoms with Gasteiger partial charge in [-0.05, 0) is 19.3 Å². The maximum absolute atomic E-state index is 12.4. The van der Waals surface area contributed by atoms with Gasteiger partial charge in [0.25, 0.3) is 0 Å². The summed E-state index contributed by atoms with van der Waals surface area (Å²) in [6.45, 7) is 0. The van der Waals surface area contributed by atoms with Gasteiger partial charge in [-0.1, -0.05) is 19.3 Å². The molecule has 47 valence electrons. The molecule has 1 saturated carbocycles. The average Bonchev–Trinajstić information content (AvgIpc) is 1.94. The van der Waals surface area contributed by atoms with E-state index in [4.69, 9.17) is 0 Å². The molecule has 0 spiro atoms. The summed E-state index contributed by atoms with van der Waals surface area (Å²) in [7, 11) is 0. The first-order valence-corrected chi connectivity index (χ1v) is 3.37. The zero-order valence-electron chi connectivity index (χ0n) is 5.07. The molecular formula is C7H12F. The van der Waals surface area contributed by atoms with Crippen molar-refractivity contribution in [3.05, 3.63) is 6.42 Å². The zero-order chi connectivity index (χ0) is 5.82. The van der Waals surface area contributed by atoms with Crippen LogP contribution < -0.4 is 0 Å². The molecule has 1 fully saturated rings. The predicted octanol–water partition coefficient (Wildman–Crippen LogP) is 2.49. The van der Waals surface area contributed by atoms with Crippen molar-refractivity contribution in [2.24, 2.45) is 0 Å². The van der Waals surface area contributed by atoms with Crippen LogP contribution in [0.1, 0.15) is 32.1 Å². The lowest BCUT2D eigenvalue weighted by atomic mass is 10.2. The van der Waals surface area contributed by atoms with Crippen molar-refractivity contribution in [3.63, 3.8) is 0 Å². The highest BCUT2D eigenvalue weighted by atomic mass is 19.1. The highest BCUT2D eigenvalue weighted by molar-refractivity contribution is 4.78. The molecule has 0 heterocycles. The second kappa shape index (κ2) is 3.06. The Morgan fingerprint density at radius 2 is 2.12 bits per heavy atom. The Kier molecular flexibility index (Phi) is 2.31. The van der Waals surface area contributed by atoms with Crippen LogP contribution in [0.3, 0.4) is 0 Å². The minimum Gasteiger partial charge on any atom is -0.247 e. The fourth-order valence-corrected chi connectivity index (χ4v) is 1.08. The van der Waals surface area contributed by atoms with E-state index in [9.17, 15) is 4.39 Å². The molecule has 0 saturated heterocycles. The van der Waals surface area contributed by atoms with Gasteiger partial charge in [0.05, 0.1) is 0 Å². The summed E-state index contributed by atoms with van der Waals surface area (Å²) in [5, 5.41) is 0. The van der Waals surface area contributed by atoms with E-state index in [0.717, 1.165) is 19.3 Å². The fourth-order valence-electron chi connectivity index (χ4n) is 1.08. The minimum atomic E-state index is -0.600. The van der Waals surface area contributed by atoms with Gasteiger partial charge < -0.3 is 0 Å². The van der Waals surface area contributed by atoms with Crippen molar-refractivity contribution in [2.75, 3.05) is 0 Å². The van der Waals surface area contributed by atoms with Crippen LogP contribution in [0.25, 0.3) is 0 Å². The Hall–Kier alpha value is -0.0700. The Bertz CT molecular complexity index is 53.4. The van der Waals surface area contributed by atoms with Crippen LogP contribution in [0, 0.1) is 6.42 Å². The summed E-state index contributed by atoms with van der Waals surface area (Å²) < 4.78 is 12.4. The van der Waals surface area contributed by atoms with Crippen molar-refractivity contribution in [3.8, 4) is 0 Å². The summed E-state index contributed by atoms with van der Waals surface area (Å²) in [6.07, 6.45) is 6.45. The number of halogens is 1. The van der Waals surface area contributed by atoms with Crippen LogP contribution in [0.2, 0.25) is 0 Å². The Morgan fingerprint density at radius 3 is 3.00 bits per heavy atom. The molecule has 1 unspecified atom stereocenters. The molecule has 0 aromatic heterocycles. The topological polar surface area (TPSA) is 0 Å². The first-order valence-electron chi connectivity index (χ1n) is 3.37. The number of hydrogen-bond acceptors (Lipinski definition) is 0. The average molecular weight is 115 g/mol. The molecule has 0 N–H and O–H groups in total. The van der Waals surface area contributed by atoms with E-state index in [0.29, 0.717) is 0 Å². The van der Waals surface area contributed by atoms with E-state index in [1.54, 1.807) is 6.42 Å². The van der Waals surface area contributed by atoms with Crippen LogP contribution in [-0.2, 0) is 0 Å². The summed E-state index contributed by atoms with van der Waals surface area (Å²) in [4.78, 5) is 0. The largest absolute Gasteiger partial charge is 0.247 e. The SMILES string of the molecule is FC1[CH]CCCCC1. The summed E-state index contributed by atoms with van der Waals surface area (Å²) in [6, 6.07) is 0. The molecule has 0 bridgehead atoms. The number of alkyl halides is 1. The van der Waals surface area contributed by atoms with Crippen LogP contribution in [-0.4, -0.2) is 6.17 Å². The number of rotatable bonds is 0. The molecule has 1 rings (SSSR count). The van der Waals surface area contributed by atoms with Gasteiger partial charge in [-0.2, -0.15) is 0 Å². The van der Waals surface area contributed by atoms with Gasteiger partial charge >= 0.3 is 0 Å². The number of hydrogen-bond donors (Lipinski definition) is 0. The van der Waals surface area contributed by atoms with Gasteiger partial charge in [0, 0.05) is 0 Å². The van der Waals surface area contributed by atoms with Gasteiger partial charge in [-0.25, -0.2) is 4.39 Å². The first kappa shape index (κ1) is 6.06. The molecule has 1 aliphatic rings. The molecule has 0 aromatic carbocycles. The second-order valence-electron chi connectivity index (χ2n) is 2.39. The quantitative estimate of drug-likeness (QED) is 0.425. The third kappa shape index (κ3) is 1.81. The van der Waals surface area contributed by atoms with Crippen LogP contribution in [0.15, 0.2) is 0 Å². The van der Waals surface area contributed by atoms with Crippen molar-refractivity contribution in [1.82, 2.24) is 0 Å². The van der Waals surface area contributed by atoms with Crippen molar-refractivity contribution in [2.45, 2.75) is 38.3 Å². The maximum Gasteiger partial charge on any atom is 0.103 e. The van der Waals surface area contributed by atoms with Crippen LogP contribution in [0.5, 0.6) is 0 Å². The fraction of sp³-hybridized carbons (Fsp3) is 0.857. The molecule has 1 heteroatoms. The third-order valence-electron chi connectivity index (χ3n) is 1.61. The molecule has 1 aliphatic carbocycles. The van der Waals surface area contributed by atoms with Gasteiger partial charge in [0.15, 0.2) is 0 Å². The summed E-state index contributed by atoms with van der Waals surface area (Å²) in [5.41, 5.74) is 0. The Morgan fingerprint density at radius 1 is 1.25 bits per heavy atom. The summed E-state index contributed by atoms with van der Waals surface area (Å²) in [5.74, 6) is 0. The Balaban J connectivity index is 2.17. The zero-order valence-corrected chi connectivity index (χ0v) is 5.07. The monoisotopic (exact) mass is 115 g/mol. The molecular weight excluding hydrogens is 103 g/mol. The van der Waals surface area contributed by atoms with E-state index in [-0.39, 0.29) is 0 Å². The van der Waals surface area contributed by atoms with Crippen molar-refractivity contribution >= 4 is 0 Å². The molecule has 1 atom stereocenters. The normalized spacial score (nSPS) is 25.1. The van der Waals surface area contributed by atoms with Gasteiger partial charge in [-0.3, -0.25) is 0 Å². The molecule has 0 amide bonds. The van der Waals surface area contributed by atoms with Gasteiger partial charge in [-0.15, -0.1) is 0 Å². The summed E-state index contributed by atoms with van der Waals surface area (Å²) >= 11 is 0. The van der Waals surface area contributed by atoms with Crippen molar-refractivity contribution < 1.29 is 4.39 Å². The third-order valence-corrected chi connectivity index (χ3v) is 1.61. The highest BCUT2D eigenvalue weighted by Crippen LogP contribution is 2.18. The van der Waals surface area contributed by atoms with E-state index in [1.807, 2.05) is 0 Å². The Labute approximate surface area is 50.1 Å². The lowest BCUT2D eigenvalue weighted by molar-refractivity contribution is 0.353. The smallest absolute Gasteiger partial charge is 0.103 e. The second-order valence-corrected chi connectivity index (χ2v) is 2.39. The van der Waals surface area contributed by atoms with Crippen LogP contribution >= 0.6 is 0 Å². The van der Waals surface area contributed by atoms with Gasteiger partial charge in [0.2, 0.25) is 0 Å². The lowest BCUT2D eigenvalue weighted by Crippen LogP contribution is -1.95. The molecule has 0 nitrogen and oxygen atoms in total. The van der Waals surface area contributed by atoms with E-state index < -0.39 is 6.17 Å². The van der Waals surface area contributed by atoms with Gasteiger partial charge in [0.1, 0.15) is 6.17 Å². The van der Waals surface area contributed by atoms with E-state index in [2.05, 4.69) is 0 Å². The standard InChI is InChI=1S/C7H12F/c8-7-5-3-1-2-4-6-7/h5,7H,1-4,6H2. The van der Waals surface area contributed by atoms with Crippen LogP contribution in [0.4, 0.5) is 4.39 Å². The molecule has 0 aromatic rings. The van der Waals surface area contributed by atoms with Crippen molar-refractivity contribution in [1.29, 1.82) is 0 Å². The molecule has 0 aliphatic heterocycles. The lowest BCUT2D eigenvalue weighted by Gasteiger charge is -1.98. The van der Waals surface area contributed by atoms with E-state index >= 15 is 0 Å². The minimum absolute atomic E-state index is 0.600. The molecule has 1 radical (unpaired) electrons. The highest BCUT2D eigenvalue weighted by Gasteiger charge is 2.09. The maximum atomic E-state index is 12.4. The molecule has 8 heavy (non-hydrogen) atoms. The first-order chi connectivity index (χ1) is 3.89. The van der Waals surface area contributed by atoms with E-state index in [1.165, 1.54) is 12.8 Å².